The molecule has 6 nitrogen and oxygen atoms in total. The van der Waals surface area contributed by atoms with Crippen LogP contribution in [0.4, 0.5) is 13.2 Å². The molecule has 2 aromatic rings. The molecule has 3 fully saturated rings. The average Bonchev–Trinajstić information content (AvgIpc) is 3.11. The van der Waals surface area contributed by atoms with Crippen LogP contribution < -0.4 is 0 Å². The van der Waals surface area contributed by atoms with Crippen LogP contribution in [0.5, 0.6) is 0 Å². The lowest BCUT2D eigenvalue weighted by molar-refractivity contribution is -0.137. The third-order valence-electron chi connectivity index (χ3n) is 7.70. The molecular formula is C24H30F3N5OS. The zero-order valence-electron chi connectivity index (χ0n) is 19.5. The molecule has 1 saturated carbocycles. The maximum atomic E-state index is 12.8. The van der Waals surface area contributed by atoms with Gasteiger partial charge in [0.05, 0.1) is 11.5 Å². The highest BCUT2D eigenvalue weighted by Gasteiger charge is 2.57. The maximum absolute atomic E-state index is 12.8. The summed E-state index contributed by atoms with van der Waals surface area (Å²) in [5, 5.41) is 9.61. The van der Waals surface area contributed by atoms with Gasteiger partial charge in [-0.05, 0) is 61.4 Å². The Morgan fingerprint density at radius 2 is 1.94 bits per heavy atom. The second-order valence-corrected chi connectivity index (χ2v) is 11.0. The summed E-state index contributed by atoms with van der Waals surface area (Å²) in [5.74, 6) is 2.67. The first kappa shape index (κ1) is 23.7. The Morgan fingerprint density at radius 3 is 2.62 bits per heavy atom. The molecule has 1 spiro atoms. The monoisotopic (exact) mass is 493 g/mol. The molecule has 1 unspecified atom stereocenters. The van der Waals surface area contributed by atoms with E-state index in [2.05, 4.69) is 19.7 Å². The second kappa shape index (κ2) is 8.86. The molecule has 1 amide bonds. The van der Waals surface area contributed by atoms with Gasteiger partial charge in [-0.1, -0.05) is 23.9 Å². The molecule has 0 N–H and O–H groups in total. The molecule has 184 valence electrons. The van der Waals surface area contributed by atoms with Crippen LogP contribution in [0.1, 0.15) is 55.0 Å². The minimum atomic E-state index is -4.28. The number of nitrogens with zero attached hydrogens (tertiary/aromatic N) is 5. The Kier molecular flexibility index (Phi) is 6.16. The molecule has 0 radical (unpaired) electrons. The van der Waals surface area contributed by atoms with Crippen molar-refractivity contribution in [1.82, 2.24) is 24.6 Å². The minimum Gasteiger partial charge on any atom is -0.341 e. The Bertz CT molecular complexity index is 1050. The maximum Gasteiger partial charge on any atom is 0.416 e. The fourth-order valence-electron chi connectivity index (χ4n) is 5.51. The van der Waals surface area contributed by atoms with E-state index in [4.69, 9.17) is 0 Å². The predicted molar refractivity (Wildman–Crippen MR) is 124 cm³/mol. The molecule has 1 aliphatic carbocycles. The van der Waals surface area contributed by atoms with Gasteiger partial charge in [0.25, 0.3) is 0 Å². The number of hydrogen-bond acceptors (Lipinski definition) is 5. The van der Waals surface area contributed by atoms with Crippen LogP contribution in [-0.2, 0) is 18.0 Å². The van der Waals surface area contributed by atoms with Crippen LogP contribution in [0.3, 0.4) is 0 Å². The fraction of sp³-hybridized carbons (Fsp3) is 0.625. The molecule has 2 atom stereocenters. The zero-order chi connectivity index (χ0) is 24.1. The van der Waals surface area contributed by atoms with Crippen LogP contribution in [-0.4, -0.2) is 68.9 Å². The average molecular weight is 494 g/mol. The van der Waals surface area contributed by atoms with E-state index in [0.717, 1.165) is 74.3 Å². The fourth-order valence-corrected chi connectivity index (χ4v) is 6.35. The van der Waals surface area contributed by atoms with E-state index >= 15 is 0 Å². The molecule has 1 aromatic heterocycles. The third kappa shape index (κ3) is 4.58. The Morgan fingerprint density at radius 1 is 1.21 bits per heavy atom. The second-order valence-electron chi connectivity index (χ2n) is 9.99. The third-order valence-corrected chi connectivity index (χ3v) is 8.81. The first-order valence-corrected chi connectivity index (χ1v) is 12.8. The smallest absolute Gasteiger partial charge is 0.341 e. The topological polar surface area (TPSA) is 54.3 Å². The molecule has 10 heteroatoms. The van der Waals surface area contributed by atoms with Crippen molar-refractivity contribution in [3.8, 4) is 0 Å². The quantitative estimate of drug-likeness (QED) is 0.429. The number of aromatic nitrogens is 3. The molecule has 5 rings (SSSR count). The molecule has 2 saturated heterocycles. The summed E-state index contributed by atoms with van der Waals surface area (Å²) >= 11 is 1.72. The standard InChI is InChI=1S/C24H30F3N5OS/c1-16(33)32-13-18(14-32)21-28-29-22(30(21)2)34-11-3-9-31-10-8-23(15-31)12-20(23)17-4-6-19(7-5-17)24(25,26)27/h4-7,18,20H,3,8-15H2,1-2H3/t20-,23?/m1/s1. The lowest BCUT2D eigenvalue weighted by Crippen LogP contribution is -2.48. The van der Waals surface area contributed by atoms with E-state index in [1.54, 1.807) is 30.8 Å². The van der Waals surface area contributed by atoms with Crippen LogP contribution in [0.25, 0.3) is 0 Å². The summed E-state index contributed by atoms with van der Waals surface area (Å²) in [7, 11) is 1.99. The largest absolute Gasteiger partial charge is 0.416 e. The first-order valence-electron chi connectivity index (χ1n) is 11.8. The van der Waals surface area contributed by atoms with E-state index in [1.807, 2.05) is 11.9 Å². The highest BCUT2D eigenvalue weighted by Crippen LogP contribution is 2.64. The van der Waals surface area contributed by atoms with Crippen molar-refractivity contribution in [2.24, 2.45) is 12.5 Å². The number of halogens is 3. The number of carbonyl (C=O) groups is 1. The summed E-state index contributed by atoms with van der Waals surface area (Å²) in [6, 6.07) is 5.76. The van der Waals surface area contributed by atoms with Gasteiger partial charge >= 0.3 is 6.18 Å². The SMILES string of the molecule is CC(=O)N1CC(c2nnc(SCCCN3CCC4(C[C@@H]4c4ccc(C(F)(F)F)cc4)C3)n2C)C1. The van der Waals surface area contributed by atoms with E-state index in [9.17, 15) is 18.0 Å². The summed E-state index contributed by atoms with van der Waals surface area (Å²) in [6.07, 6.45) is -1.03. The molecular weight excluding hydrogens is 463 g/mol. The lowest BCUT2D eigenvalue weighted by atomic mass is 9.97. The number of thioether (sulfide) groups is 1. The van der Waals surface area contributed by atoms with E-state index in [-0.39, 0.29) is 17.2 Å². The van der Waals surface area contributed by atoms with E-state index in [1.165, 1.54) is 12.1 Å². The van der Waals surface area contributed by atoms with Gasteiger partial charge in [0.1, 0.15) is 5.82 Å². The Labute approximate surface area is 201 Å². The van der Waals surface area contributed by atoms with E-state index < -0.39 is 11.7 Å². The van der Waals surface area contributed by atoms with Crippen LogP contribution in [0.15, 0.2) is 29.4 Å². The van der Waals surface area contributed by atoms with Crippen molar-refractivity contribution in [3.63, 3.8) is 0 Å². The van der Waals surface area contributed by atoms with Crippen molar-refractivity contribution in [1.29, 1.82) is 0 Å². The molecule has 3 aliphatic rings. The van der Waals surface area contributed by atoms with Crippen molar-refractivity contribution in [3.05, 3.63) is 41.2 Å². The van der Waals surface area contributed by atoms with Crippen LogP contribution >= 0.6 is 11.8 Å². The van der Waals surface area contributed by atoms with Gasteiger partial charge in [0, 0.05) is 39.4 Å². The van der Waals surface area contributed by atoms with E-state index in [0.29, 0.717) is 5.92 Å². The van der Waals surface area contributed by atoms with Gasteiger partial charge in [-0.2, -0.15) is 13.2 Å². The Balaban J connectivity index is 1.05. The van der Waals surface area contributed by atoms with Crippen molar-refractivity contribution in [2.75, 3.05) is 38.5 Å². The number of rotatable bonds is 7. The number of benzene rings is 1. The summed E-state index contributed by atoms with van der Waals surface area (Å²) in [4.78, 5) is 15.7. The predicted octanol–water partition coefficient (Wildman–Crippen LogP) is 4.14. The summed E-state index contributed by atoms with van der Waals surface area (Å²) in [5.41, 5.74) is 0.723. The normalized spacial score (nSPS) is 25.2. The molecule has 2 aliphatic heterocycles. The lowest BCUT2D eigenvalue weighted by Gasteiger charge is -2.37. The van der Waals surface area contributed by atoms with Gasteiger partial charge in [0.15, 0.2) is 5.16 Å². The van der Waals surface area contributed by atoms with Crippen LogP contribution in [0.2, 0.25) is 0 Å². The van der Waals surface area contributed by atoms with Crippen LogP contribution in [0, 0.1) is 5.41 Å². The summed E-state index contributed by atoms with van der Waals surface area (Å²) < 4.78 is 40.5. The van der Waals surface area contributed by atoms with Gasteiger partial charge < -0.3 is 14.4 Å². The summed E-state index contributed by atoms with van der Waals surface area (Å²) in [6.45, 7) is 6.15. The van der Waals surface area contributed by atoms with Gasteiger partial charge in [-0.3, -0.25) is 4.79 Å². The number of likely N-dealkylation sites (tertiary alicyclic amines) is 2. The highest BCUT2D eigenvalue weighted by atomic mass is 32.2. The molecule has 34 heavy (non-hydrogen) atoms. The molecule has 0 bridgehead atoms. The molecule has 3 heterocycles. The van der Waals surface area contributed by atoms with Crippen molar-refractivity contribution < 1.29 is 18.0 Å². The zero-order valence-corrected chi connectivity index (χ0v) is 20.3. The first-order chi connectivity index (χ1) is 16.2. The molecule has 1 aromatic carbocycles. The van der Waals surface area contributed by atoms with Gasteiger partial charge in [0.2, 0.25) is 5.91 Å². The van der Waals surface area contributed by atoms with Gasteiger partial charge in [-0.15, -0.1) is 10.2 Å². The number of amides is 1. The van der Waals surface area contributed by atoms with Gasteiger partial charge in [-0.25, -0.2) is 0 Å². The highest BCUT2D eigenvalue weighted by molar-refractivity contribution is 7.99. The number of hydrogen-bond donors (Lipinski definition) is 0. The number of carbonyl (C=O) groups excluding carboxylic acids is 1. The minimum absolute atomic E-state index is 0.105. The number of alkyl halides is 3. The van der Waals surface area contributed by atoms with Crippen molar-refractivity contribution >= 4 is 17.7 Å². The van der Waals surface area contributed by atoms with Crippen molar-refractivity contribution in [2.45, 2.75) is 49.4 Å². The Hall–Kier alpha value is -2.07.